The molecule has 0 fully saturated rings. The van der Waals surface area contributed by atoms with Crippen LogP contribution in [0.5, 0.6) is 0 Å². The lowest BCUT2D eigenvalue weighted by Gasteiger charge is -2.09. The Hall–Kier alpha value is -4.75. The molecule has 4 heteroatoms. The van der Waals surface area contributed by atoms with Crippen molar-refractivity contribution in [2.75, 3.05) is 0 Å². The molecule has 6 aromatic rings. The maximum absolute atomic E-state index is 14.0. The second kappa shape index (κ2) is 7.99. The quantitative estimate of drug-likeness (QED) is 0.280. The van der Waals surface area contributed by atoms with Crippen LogP contribution in [0.3, 0.4) is 0 Å². The van der Waals surface area contributed by atoms with Crippen LogP contribution in [0.1, 0.15) is 5.56 Å². The number of fused-ring (bicyclic) bond motifs is 3. The van der Waals surface area contributed by atoms with Crippen molar-refractivity contribution >= 4 is 21.9 Å². The van der Waals surface area contributed by atoms with Gasteiger partial charge in [-0.2, -0.15) is 5.26 Å². The summed E-state index contributed by atoms with van der Waals surface area (Å²) in [5, 5.41) is 11.6. The number of nitrogens with zero attached hydrogens (tertiary/aromatic N) is 2. The Kier molecular flexibility index (Phi) is 4.67. The fraction of sp³-hybridized carbons (Fsp3) is 0. The van der Waals surface area contributed by atoms with Gasteiger partial charge in [0.2, 0.25) is 0 Å². The molecule has 0 atom stereocenters. The molecule has 0 unspecified atom stereocenters. The van der Waals surface area contributed by atoms with Gasteiger partial charge in [0.1, 0.15) is 17.0 Å². The van der Waals surface area contributed by atoms with Crippen molar-refractivity contribution < 1.29 is 8.81 Å². The van der Waals surface area contributed by atoms with Crippen LogP contribution in [0.4, 0.5) is 4.39 Å². The average molecular weight is 440 g/mol. The molecule has 0 aliphatic rings. The van der Waals surface area contributed by atoms with Crippen molar-refractivity contribution in [2.45, 2.75) is 0 Å². The number of hydrogen-bond donors (Lipinski definition) is 0. The summed E-state index contributed by atoms with van der Waals surface area (Å²) in [4.78, 5) is 4.37. The summed E-state index contributed by atoms with van der Waals surface area (Å²) in [6.07, 6.45) is 1.46. The molecule has 2 heterocycles. The van der Waals surface area contributed by atoms with Gasteiger partial charge in [-0.1, -0.05) is 60.7 Å². The molecule has 0 amide bonds. The van der Waals surface area contributed by atoms with Crippen LogP contribution in [0.2, 0.25) is 0 Å². The minimum absolute atomic E-state index is 0.347. The van der Waals surface area contributed by atoms with Crippen LogP contribution in [-0.2, 0) is 0 Å². The molecule has 160 valence electrons. The molecule has 6 rings (SSSR count). The SMILES string of the molecule is N#Cc1ccc2c(oc3cccc(-c4cc(F)ccn4)c32)c1-c1cccc(-c2ccccc2)c1. The minimum atomic E-state index is -0.347. The number of pyridine rings is 1. The van der Waals surface area contributed by atoms with Crippen LogP contribution < -0.4 is 0 Å². The van der Waals surface area contributed by atoms with Crippen molar-refractivity contribution in [3.05, 3.63) is 115 Å². The molecule has 0 saturated carbocycles. The van der Waals surface area contributed by atoms with Crippen LogP contribution in [0.15, 0.2) is 108 Å². The summed E-state index contributed by atoms with van der Waals surface area (Å²) in [6.45, 7) is 0. The molecule has 0 N–H and O–H groups in total. The predicted octanol–water partition coefficient (Wildman–Crippen LogP) is 7.99. The summed E-state index contributed by atoms with van der Waals surface area (Å²) in [5.74, 6) is -0.347. The lowest BCUT2D eigenvalue weighted by atomic mass is 9.93. The Morgan fingerprint density at radius 3 is 2.38 bits per heavy atom. The number of benzene rings is 4. The zero-order chi connectivity index (χ0) is 23.1. The maximum Gasteiger partial charge on any atom is 0.144 e. The first kappa shape index (κ1) is 19.9. The molecule has 0 bridgehead atoms. The summed E-state index contributed by atoms with van der Waals surface area (Å²) in [5.41, 5.74) is 6.92. The van der Waals surface area contributed by atoms with Gasteiger partial charge in [0.25, 0.3) is 0 Å². The topological polar surface area (TPSA) is 49.8 Å². The van der Waals surface area contributed by atoms with Gasteiger partial charge in [0, 0.05) is 34.2 Å². The van der Waals surface area contributed by atoms with Crippen LogP contribution in [0, 0.1) is 17.1 Å². The third-order valence-electron chi connectivity index (χ3n) is 6.04. The van der Waals surface area contributed by atoms with E-state index in [0.717, 1.165) is 38.6 Å². The van der Waals surface area contributed by atoms with E-state index in [9.17, 15) is 9.65 Å². The van der Waals surface area contributed by atoms with E-state index in [1.807, 2.05) is 60.7 Å². The van der Waals surface area contributed by atoms with Crippen molar-refractivity contribution in [3.63, 3.8) is 0 Å². The van der Waals surface area contributed by atoms with Gasteiger partial charge >= 0.3 is 0 Å². The Morgan fingerprint density at radius 2 is 1.56 bits per heavy atom. The molecule has 0 aliphatic carbocycles. The molecule has 0 aliphatic heterocycles. The van der Waals surface area contributed by atoms with Gasteiger partial charge in [-0.15, -0.1) is 0 Å². The molecule has 0 radical (unpaired) electrons. The van der Waals surface area contributed by atoms with Crippen molar-refractivity contribution in [3.8, 4) is 39.6 Å². The highest BCUT2D eigenvalue weighted by Crippen LogP contribution is 2.42. The zero-order valence-electron chi connectivity index (χ0n) is 18.0. The van der Waals surface area contributed by atoms with E-state index in [-0.39, 0.29) is 5.82 Å². The largest absolute Gasteiger partial charge is 0.455 e. The van der Waals surface area contributed by atoms with E-state index in [2.05, 4.69) is 35.3 Å². The molecule has 0 saturated heterocycles. The van der Waals surface area contributed by atoms with Gasteiger partial charge in [0.15, 0.2) is 0 Å². The van der Waals surface area contributed by atoms with Gasteiger partial charge in [-0.25, -0.2) is 4.39 Å². The first-order chi connectivity index (χ1) is 16.7. The molecule has 2 aromatic heterocycles. The fourth-order valence-corrected chi connectivity index (χ4v) is 4.52. The summed E-state index contributed by atoms with van der Waals surface area (Å²) in [7, 11) is 0. The van der Waals surface area contributed by atoms with E-state index in [0.29, 0.717) is 22.4 Å². The number of nitriles is 1. The number of hydrogen-bond acceptors (Lipinski definition) is 3. The highest BCUT2D eigenvalue weighted by atomic mass is 19.1. The first-order valence-electron chi connectivity index (χ1n) is 10.9. The monoisotopic (exact) mass is 440 g/mol. The Balaban J connectivity index is 1.64. The second-order valence-corrected chi connectivity index (χ2v) is 8.06. The standard InChI is InChI=1S/C30H17FN2O/c31-23-14-15-33-26(17-23)24-10-5-11-27-29(24)25-13-12-22(18-32)28(30(25)34-27)21-9-4-8-20(16-21)19-6-2-1-3-7-19/h1-17H. The fourth-order valence-electron chi connectivity index (χ4n) is 4.52. The molecule has 4 aromatic carbocycles. The number of aromatic nitrogens is 1. The normalized spacial score (nSPS) is 11.1. The third-order valence-corrected chi connectivity index (χ3v) is 6.04. The Bertz CT molecular complexity index is 1730. The maximum atomic E-state index is 14.0. The minimum Gasteiger partial charge on any atom is -0.455 e. The number of rotatable bonds is 3. The number of furan rings is 1. The van der Waals surface area contributed by atoms with E-state index in [1.54, 1.807) is 0 Å². The van der Waals surface area contributed by atoms with Crippen LogP contribution >= 0.6 is 0 Å². The summed E-state index contributed by atoms with van der Waals surface area (Å²) in [6, 6.07) is 32.7. The van der Waals surface area contributed by atoms with Gasteiger partial charge < -0.3 is 4.42 Å². The first-order valence-corrected chi connectivity index (χ1v) is 10.9. The molecular weight excluding hydrogens is 423 g/mol. The van der Waals surface area contributed by atoms with Crippen LogP contribution in [-0.4, -0.2) is 4.98 Å². The zero-order valence-corrected chi connectivity index (χ0v) is 18.0. The van der Waals surface area contributed by atoms with E-state index in [1.165, 1.54) is 18.3 Å². The van der Waals surface area contributed by atoms with E-state index < -0.39 is 0 Å². The predicted molar refractivity (Wildman–Crippen MR) is 132 cm³/mol. The van der Waals surface area contributed by atoms with Crippen molar-refractivity contribution in [2.24, 2.45) is 0 Å². The molecule has 3 nitrogen and oxygen atoms in total. The smallest absolute Gasteiger partial charge is 0.144 e. The lowest BCUT2D eigenvalue weighted by molar-refractivity contribution is 0.626. The molecule has 34 heavy (non-hydrogen) atoms. The van der Waals surface area contributed by atoms with Crippen molar-refractivity contribution in [1.29, 1.82) is 5.26 Å². The lowest BCUT2D eigenvalue weighted by Crippen LogP contribution is -1.88. The Morgan fingerprint density at radius 1 is 0.765 bits per heavy atom. The van der Waals surface area contributed by atoms with E-state index in [4.69, 9.17) is 4.42 Å². The van der Waals surface area contributed by atoms with Gasteiger partial charge in [-0.3, -0.25) is 4.98 Å². The average Bonchev–Trinajstić information content (AvgIpc) is 3.27. The highest BCUT2D eigenvalue weighted by molar-refractivity contribution is 6.15. The highest BCUT2D eigenvalue weighted by Gasteiger charge is 2.19. The third kappa shape index (κ3) is 3.23. The second-order valence-electron chi connectivity index (χ2n) is 8.06. The summed E-state index contributed by atoms with van der Waals surface area (Å²) >= 11 is 0. The summed E-state index contributed by atoms with van der Waals surface area (Å²) < 4.78 is 20.3. The van der Waals surface area contributed by atoms with Crippen molar-refractivity contribution in [1.82, 2.24) is 4.98 Å². The molecule has 0 spiro atoms. The van der Waals surface area contributed by atoms with Gasteiger partial charge in [0.05, 0.1) is 17.3 Å². The van der Waals surface area contributed by atoms with Crippen LogP contribution in [0.25, 0.3) is 55.4 Å². The molecular formula is C30H17FN2O. The number of halogens is 1. The van der Waals surface area contributed by atoms with Gasteiger partial charge in [-0.05, 0) is 47.0 Å². The Labute approximate surface area is 195 Å². The van der Waals surface area contributed by atoms with E-state index >= 15 is 0 Å².